The van der Waals surface area contributed by atoms with Crippen LogP contribution in [0.4, 0.5) is 0 Å². The predicted molar refractivity (Wildman–Crippen MR) is 39.2 cm³/mol. The van der Waals surface area contributed by atoms with Gasteiger partial charge in [0.1, 0.15) is 0 Å². The largest absolute Gasteiger partial charge is 0.327 e. The third kappa shape index (κ3) is 1.43. The van der Waals surface area contributed by atoms with Crippen LogP contribution in [0.2, 0.25) is 0 Å². The zero-order valence-corrected chi connectivity index (χ0v) is 6.22. The van der Waals surface area contributed by atoms with Crippen LogP contribution in [0, 0.1) is 11.8 Å². The predicted octanol–water partition coefficient (Wildman–Crippen LogP) is 0.189. The minimum atomic E-state index is 0.409. The summed E-state index contributed by atoms with van der Waals surface area (Å²) in [5.41, 5.74) is 5.88. The topological polar surface area (TPSA) is 38.0 Å². The van der Waals surface area contributed by atoms with E-state index in [4.69, 9.17) is 5.73 Å². The highest BCUT2D eigenvalue weighted by molar-refractivity contribution is 4.85. The van der Waals surface area contributed by atoms with Crippen LogP contribution >= 0.6 is 0 Å². The van der Waals surface area contributed by atoms with Crippen LogP contribution in [0.25, 0.3) is 0 Å². The summed E-state index contributed by atoms with van der Waals surface area (Å²) in [6.07, 6.45) is 0. The third-order valence-corrected chi connectivity index (χ3v) is 2.13. The molecule has 9 heavy (non-hydrogen) atoms. The molecule has 2 nitrogen and oxygen atoms in total. The fraction of sp³-hybridized carbons (Fsp3) is 1.00. The number of rotatable bonds is 2. The van der Waals surface area contributed by atoms with Crippen molar-refractivity contribution >= 4 is 0 Å². The molecule has 1 unspecified atom stereocenters. The molecule has 1 aliphatic heterocycles. The van der Waals surface area contributed by atoms with Gasteiger partial charge in [0.2, 0.25) is 0 Å². The molecular formula is C7H16N2. The fourth-order valence-corrected chi connectivity index (χ4v) is 1.13. The molecular weight excluding hydrogens is 112 g/mol. The van der Waals surface area contributed by atoms with Crippen molar-refractivity contribution in [3.05, 3.63) is 0 Å². The molecule has 0 aromatic rings. The second-order valence-corrected chi connectivity index (χ2v) is 3.24. The highest BCUT2D eigenvalue weighted by Crippen LogP contribution is 2.13. The van der Waals surface area contributed by atoms with E-state index in [1.54, 1.807) is 0 Å². The Morgan fingerprint density at radius 1 is 1.44 bits per heavy atom. The summed E-state index contributed by atoms with van der Waals surface area (Å²) in [5.74, 6) is 1.38. The van der Waals surface area contributed by atoms with Crippen molar-refractivity contribution in [3.8, 4) is 0 Å². The Labute approximate surface area is 56.8 Å². The lowest BCUT2D eigenvalue weighted by molar-refractivity contribution is 0.249. The van der Waals surface area contributed by atoms with E-state index in [0.29, 0.717) is 12.0 Å². The molecule has 0 aliphatic carbocycles. The van der Waals surface area contributed by atoms with E-state index in [-0.39, 0.29) is 0 Å². The molecule has 1 atom stereocenters. The van der Waals surface area contributed by atoms with Crippen LogP contribution in [0.3, 0.4) is 0 Å². The van der Waals surface area contributed by atoms with E-state index in [1.807, 2.05) is 0 Å². The Morgan fingerprint density at radius 3 is 2.11 bits per heavy atom. The molecule has 1 heterocycles. The van der Waals surface area contributed by atoms with E-state index in [0.717, 1.165) is 19.0 Å². The van der Waals surface area contributed by atoms with Crippen molar-refractivity contribution in [1.82, 2.24) is 5.32 Å². The van der Waals surface area contributed by atoms with Crippen LogP contribution in [-0.4, -0.2) is 19.1 Å². The second-order valence-electron chi connectivity index (χ2n) is 3.24. The van der Waals surface area contributed by atoms with Gasteiger partial charge in [-0.1, -0.05) is 13.8 Å². The summed E-state index contributed by atoms with van der Waals surface area (Å²) >= 11 is 0. The SMILES string of the molecule is CC(C)C(N)C1CNC1. The lowest BCUT2D eigenvalue weighted by Gasteiger charge is -2.34. The van der Waals surface area contributed by atoms with Gasteiger partial charge in [-0.15, -0.1) is 0 Å². The molecule has 0 aromatic heterocycles. The van der Waals surface area contributed by atoms with Gasteiger partial charge in [-0.25, -0.2) is 0 Å². The Kier molecular flexibility index (Phi) is 2.09. The van der Waals surface area contributed by atoms with Gasteiger partial charge >= 0.3 is 0 Å². The minimum absolute atomic E-state index is 0.409. The summed E-state index contributed by atoms with van der Waals surface area (Å²) in [6, 6.07) is 0.409. The maximum absolute atomic E-state index is 5.88. The van der Waals surface area contributed by atoms with Crippen LogP contribution in [-0.2, 0) is 0 Å². The smallest absolute Gasteiger partial charge is 0.0115 e. The lowest BCUT2D eigenvalue weighted by Crippen LogP contribution is -2.53. The standard InChI is InChI=1S/C7H16N2/c1-5(2)7(8)6-3-9-4-6/h5-7,9H,3-4,8H2,1-2H3. The molecule has 54 valence electrons. The fourth-order valence-electron chi connectivity index (χ4n) is 1.13. The first-order chi connectivity index (χ1) is 4.22. The number of hydrogen-bond donors (Lipinski definition) is 2. The van der Waals surface area contributed by atoms with E-state index in [9.17, 15) is 0 Å². The molecule has 0 amide bonds. The first kappa shape index (κ1) is 7.03. The molecule has 1 fully saturated rings. The Morgan fingerprint density at radius 2 is 2.00 bits per heavy atom. The third-order valence-electron chi connectivity index (χ3n) is 2.13. The van der Waals surface area contributed by atoms with Gasteiger partial charge < -0.3 is 11.1 Å². The van der Waals surface area contributed by atoms with Crippen molar-refractivity contribution < 1.29 is 0 Å². The molecule has 3 N–H and O–H groups in total. The summed E-state index contributed by atoms with van der Waals surface area (Å²) in [4.78, 5) is 0. The van der Waals surface area contributed by atoms with E-state index in [2.05, 4.69) is 19.2 Å². The Balaban J connectivity index is 2.23. The molecule has 0 aromatic carbocycles. The second kappa shape index (κ2) is 2.67. The maximum Gasteiger partial charge on any atom is 0.0115 e. The van der Waals surface area contributed by atoms with Crippen molar-refractivity contribution in [1.29, 1.82) is 0 Å². The zero-order valence-electron chi connectivity index (χ0n) is 6.22. The lowest BCUT2D eigenvalue weighted by atomic mass is 9.87. The van der Waals surface area contributed by atoms with Crippen molar-refractivity contribution in [3.63, 3.8) is 0 Å². The molecule has 1 saturated heterocycles. The quantitative estimate of drug-likeness (QED) is 0.557. The highest BCUT2D eigenvalue weighted by Gasteiger charge is 2.25. The molecule has 2 heteroatoms. The molecule has 0 spiro atoms. The first-order valence-electron chi connectivity index (χ1n) is 3.68. The van der Waals surface area contributed by atoms with E-state index < -0.39 is 0 Å². The first-order valence-corrected chi connectivity index (χ1v) is 3.68. The Bertz CT molecular complexity index is 86.9. The number of nitrogens with two attached hydrogens (primary N) is 1. The van der Waals surface area contributed by atoms with Crippen molar-refractivity contribution in [2.45, 2.75) is 19.9 Å². The van der Waals surface area contributed by atoms with Gasteiger partial charge in [-0.3, -0.25) is 0 Å². The van der Waals surface area contributed by atoms with E-state index in [1.165, 1.54) is 0 Å². The van der Waals surface area contributed by atoms with Gasteiger partial charge in [0.15, 0.2) is 0 Å². The summed E-state index contributed by atoms with van der Waals surface area (Å²) in [6.45, 7) is 6.62. The van der Waals surface area contributed by atoms with Crippen LogP contribution in [0.15, 0.2) is 0 Å². The summed E-state index contributed by atoms with van der Waals surface area (Å²) in [7, 11) is 0. The zero-order chi connectivity index (χ0) is 6.85. The average molecular weight is 128 g/mol. The molecule has 0 bridgehead atoms. The van der Waals surface area contributed by atoms with Gasteiger partial charge in [0, 0.05) is 19.1 Å². The molecule has 1 aliphatic rings. The van der Waals surface area contributed by atoms with Crippen LogP contribution in [0.1, 0.15) is 13.8 Å². The normalized spacial score (nSPS) is 24.0. The van der Waals surface area contributed by atoms with E-state index >= 15 is 0 Å². The number of nitrogens with one attached hydrogen (secondary N) is 1. The molecule has 0 saturated carbocycles. The maximum atomic E-state index is 5.88. The van der Waals surface area contributed by atoms with Crippen LogP contribution in [0.5, 0.6) is 0 Å². The Hall–Kier alpha value is -0.0800. The van der Waals surface area contributed by atoms with Gasteiger partial charge in [-0.2, -0.15) is 0 Å². The average Bonchev–Trinajstić information content (AvgIpc) is 1.60. The molecule has 1 rings (SSSR count). The van der Waals surface area contributed by atoms with Gasteiger partial charge in [-0.05, 0) is 11.8 Å². The number of hydrogen-bond acceptors (Lipinski definition) is 2. The van der Waals surface area contributed by atoms with Gasteiger partial charge in [0.25, 0.3) is 0 Å². The van der Waals surface area contributed by atoms with Gasteiger partial charge in [0.05, 0.1) is 0 Å². The summed E-state index contributed by atoms with van der Waals surface area (Å²) < 4.78 is 0. The van der Waals surface area contributed by atoms with Crippen LogP contribution < -0.4 is 11.1 Å². The van der Waals surface area contributed by atoms with Crippen molar-refractivity contribution in [2.24, 2.45) is 17.6 Å². The minimum Gasteiger partial charge on any atom is -0.327 e. The highest BCUT2D eigenvalue weighted by atomic mass is 15.0. The summed E-state index contributed by atoms with van der Waals surface area (Å²) in [5, 5.41) is 3.22. The molecule has 0 radical (unpaired) electrons. The monoisotopic (exact) mass is 128 g/mol. The van der Waals surface area contributed by atoms with Crippen molar-refractivity contribution in [2.75, 3.05) is 13.1 Å².